The molecule has 7 nitrogen and oxygen atoms in total. The van der Waals surface area contributed by atoms with Crippen LogP contribution in [0.4, 0.5) is 4.79 Å². The van der Waals surface area contributed by atoms with Crippen molar-refractivity contribution in [3.63, 3.8) is 0 Å². The van der Waals surface area contributed by atoms with E-state index >= 15 is 0 Å². The van der Waals surface area contributed by atoms with Crippen LogP contribution >= 0.6 is 0 Å². The molecule has 0 radical (unpaired) electrons. The van der Waals surface area contributed by atoms with Crippen LogP contribution in [0.1, 0.15) is 38.9 Å². The van der Waals surface area contributed by atoms with Gasteiger partial charge in [0.05, 0.1) is 0 Å². The number of carbonyl (C=O) groups is 1. The van der Waals surface area contributed by atoms with Crippen LogP contribution in [0.5, 0.6) is 0 Å². The Morgan fingerprint density at radius 1 is 1.39 bits per heavy atom. The molecule has 1 aromatic rings. The predicted octanol–water partition coefficient (Wildman–Crippen LogP) is 1.75. The number of amides is 2. The Morgan fingerprint density at radius 2 is 2.09 bits per heavy atom. The average Bonchev–Trinajstić information content (AvgIpc) is 2.93. The highest BCUT2D eigenvalue weighted by atomic mass is 16.5. The summed E-state index contributed by atoms with van der Waals surface area (Å²) in [7, 11) is 1.73. The van der Waals surface area contributed by atoms with E-state index in [0.717, 1.165) is 37.9 Å². The fourth-order valence-corrected chi connectivity index (χ4v) is 3.20. The van der Waals surface area contributed by atoms with Gasteiger partial charge in [0, 0.05) is 39.6 Å². The minimum absolute atomic E-state index is 0.112. The van der Waals surface area contributed by atoms with E-state index in [1.807, 2.05) is 6.92 Å². The SMILES string of the molecule is CCc1noc(CN(C)C(=O)NCCN2C[C@H](C)C[C@H](C)C2)n1. The van der Waals surface area contributed by atoms with E-state index in [4.69, 9.17) is 4.52 Å². The van der Waals surface area contributed by atoms with Gasteiger partial charge in [-0.1, -0.05) is 25.9 Å². The van der Waals surface area contributed by atoms with Crippen molar-refractivity contribution >= 4 is 6.03 Å². The molecule has 0 saturated carbocycles. The van der Waals surface area contributed by atoms with E-state index in [1.165, 1.54) is 6.42 Å². The number of hydrogen-bond donors (Lipinski definition) is 1. The molecule has 2 amide bonds. The molecular formula is C16H29N5O2. The smallest absolute Gasteiger partial charge is 0.317 e. The van der Waals surface area contributed by atoms with E-state index in [1.54, 1.807) is 11.9 Å². The molecule has 0 aromatic carbocycles. The van der Waals surface area contributed by atoms with Crippen LogP contribution in [0.3, 0.4) is 0 Å². The zero-order chi connectivity index (χ0) is 16.8. The number of hydrogen-bond acceptors (Lipinski definition) is 5. The highest BCUT2D eigenvalue weighted by molar-refractivity contribution is 5.73. The molecule has 130 valence electrons. The maximum Gasteiger partial charge on any atom is 0.317 e. The van der Waals surface area contributed by atoms with Crippen molar-refractivity contribution in [3.8, 4) is 0 Å². The van der Waals surface area contributed by atoms with Crippen molar-refractivity contribution in [2.45, 2.75) is 40.2 Å². The summed E-state index contributed by atoms with van der Waals surface area (Å²) in [6.07, 6.45) is 2.03. The number of likely N-dealkylation sites (tertiary alicyclic amines) is 1. The molecule has 2 heterocycles. The second kappa shape index (κ2) is 8.29. The van der Waals surface area contributed by atoms with Crippen LogP contribution in [0.2, 0.25) is 0 Å². The maximum absolute atomic E-state index is 12.1. The molecule has 1 saturated heterocycles. The number of aryl methyl sites for hydroxylation is 1. The van der Waals surface area contributed by atoms with Crippen LogP contribution in [-0.4, -0.2) is 59.2 Å². The monoisotopic (exact) mass is 323 g/mol. The second-order valence-electron chi connectivity index (χ2n) is 6.75. The van der Waals surface area contributed by atoms with Crippen molar-refractivity contribution in [1.29, 1.82) is 0 Å². The normalized spacial score (nSPS) is 22.1. The van der Waals surface area contributed by atoms with Crippen molar-refractivity contribution < 1.29 is 9.32 Å². The topological polar surface area (TPSA) is 74.5 Å². The van der Waals surface area contributed by atoms with Gasteiger partial charge in [-0.2, -0.15) is 4.98 Å². The van der Waals surface area contributed by atoms with Gasteiger partial charge in [-0.05, 0) is 18.3 Å². The molecule has 0 bridgehead atoms. The van der Waals surface area contributed by atoms with Gasteiger partial charge in [0.1, 0.15) is 6.54 Å². The van der Waals surface area contributed by atoms with E-state index in [2.05, 4.69) is 34.2 Å². The fourth-order valence-electron chi connectivity index (χ4n) is 3.20. The zero-order valence-electron chi connectivity index (χ0n) is 14.7. The van der Waals surface area contributed by atoms with E-state index < -0.39 is 0 Å². The third-order valence-corrected chi connectivity index (χ3v) is 4.19. The molecule has 2 atom stereocenters. The van der Waals surface area contributed by atoms with Crippen LogP contribution < -0.4 is 5.32 Å². The summed E-state index contributed by atoms with van der Waals surface area (Å²) in [5, 5.41) is 6.79. The van der Waals surface area contributed by atoms with Gasteiger partial charge >= 0.3 is 6.03 Å². The number of urea groups is 1. The zero-order valence-corrected chi connectivity index (χ0v) is 14.7. The van der Waals surface area contributed by atoms with E-state index in [0.29, 0.717) is 24.8 Å². The lowest BCUT2D eigenvalue weighted by molar-refractivity contribution is 0.140. The van der Waals surface area contributed by atoms with Gasteiger partial charge in [0.2, 0.25) is 5.89 Å². The standard InChI is InChI=1S/C16H29N5O2/c1-5-14-18-15(23-19-14)11-20(4)16(22)17-6-7-21-9-12(2)8-13(3)10-21/h12-13H,5-11H2,1-4H3,(H,17,22)/t12-,13+. The van der Waals surface area contributed by atoms with Crippen LogP contribution in [0.15, 0.2) is 4.52 Å². The number of nitrogens with zero attached hydrogens (tertiary/aromatic N) is 4. The highest BCUT2D eigenvalue weighted by Crippen LogP contribution is 2.20. The first kappa shape index (κ1) is 17.7. The molecule has 1 aromatic heterocycles. The number of carbonyl (C=O) groups excluding carboxylic acids is 1. The van der Waals surface area contributed by atoms with Gasteiger partial charge in [-0.15, -0.1) is 0 Å². The molecule has 7 heteroatoms. The Hall–Kier alpha value is -1.63. The fraction of sp³-hybridized carbons (Fsp3) is 0.812. The average molecular weight is 323 g/mol. The molecule has 0 aliphatic carbocycles. The van der Waals surface area contributed by atoms with Crippen molar-refractivity contribution in [2.24, 2.45) is 11.8 Å². The van der Waals surface area contributed by atoms with Crippen molar-refractivity contribution in [3.05, 3.63) is 11.7 Å². The number of piperidine rings is 1. The Balaban J connectivity index is 1.69. The Morgan fingerprint density at radius 3 is 2.70 bits per heavy atom. The predicted molar refractivity (Wildman–Crippen MR) is 87.9 cm³/mol. The Kier molecular flexibility index (Phi) is 6.38. The summed E-state index contributed by atoms with van der Waals surface area (Å²) in [4.78, 5) is 20.3. The Bertz CT molecular complexity index is 494. The van der Waals surface area contributed by atoms with Gasteiger partial charge in [0.15, 0.2) is 5.82 Å². The molecule has 23 heavy (non-hydrogen) atoms. The molecular weight excluding hydrogens is 294 g/mol. The first-order valence-electron chi connectivity index (χ1n) is 8.50. The van der Waals surface area contributed by atoms with Gasteiger partial charge < -0.3 is 19.6 Å². The van der Waals surface area contributed by atoms with Crippen LogP contribution in [0, 0.1) is 11.8 Å². The summed E-state index contributed by atoms with van der Waals surface area (Å²) < 4.78 is 5.11. The van der Waals surface area contributed by atoms with Crippen LogP contribution in [-0.2, 0) is 13.0 Å². The summed E-state index contributed by atoms with van der Waals surface area (Å²) in [6, 6.07) is -0.112. The molecule has 1 N–H and O–H groups in total. The van der Waals surface area contributed by atoms with Gasteiger partial charge in [-0.3, -0.25) is 0 Å². The first-order valence-corrected chi connectivity index (χ1v) is 8.50. The molecule has 0 unspecified atom stereocenters. The maximum atomic E-state index is 12.1. The van der Waals surface area contributed by atoms with Crippen molar-refractivity contribution in [2.75, 3.05) is 33.2 Å². The lowest BCUT2D eigenvalue weighted by Crippen LogP contribution is -2.45. The van der Waals surface area contributed by atoms with Gasteiger partial charge in [-0.25, -0.2) is 4.79 Å². The van der Waals surface area contributed by atoms with E-state index in [-0.39, 0.29) is 6.03 Å². The van der Waals surface area contributed by atoms with Crippen molar-refractivity contribution in [1.82, 2.24) is 25.3 Å². The lowest BCUT2D eigenvalue weighted by Gasteiger charge is -2.35. The minimum atomic E-state index is -0.112. The van der Waals surface area contributed by atoms with Crippen LogP contribution in [0.25, 0.3) is 0 Å². The molecule has 1 fully saturated rings. The number of nitrogens with one attached hydrogen (secondary N) is 1. The first-order chi connectivity index (χ1) is 11.0. The summed E-state index contributed by atoms with van der Waals surface area (Å²) in [5.41, 5.74) is 0. The highest BCUT2D eigenvalue weighted by Gasteiger charge is 2.21. The second-order valence-corrected chi connectivity index (χ2v) is 6.75. The third kappa shape index (κ3) is 5.49. The van der Waals surface area contributed by atoms with Gasteiger partial charge in [0.25, 0.3) is 0 Å². The largest absolute Gasteiger partial charge is 0.337 e. The quantitative estimate of drug-likeness (QED) is 0.863. The van der Waals surface area contributed by atoms with E-state index in [9.17, 15) is 4.79 Å². The summed E-state index contributed by atoms with van der Waals surface area (Å²) in [6.45, 7) is 10.7. The summed E-state index contributed by atoms with van der Waals surface area (Å²) >= 11 is 0. The summed E-state index contributed by atoms with van der Waals surface area (Å²) in [5.74, 6) is 2.62. The number of rotatable bonds is 6. The lowest BCUT2D eigenvalue weighted by atomic mass is 9.92. The molecule has 0 spiro atoms. The molecule has 1 aliphatic heterocycles. The third-order valence-electron chi connectivity index (χ3n) is 4.19. The molecule has 1 aliphatic rings. The minimum Gasteiger partial charge on any atom is -0.337 e. The number of aromatic nitrogens is 2. The Labute approximate surface area is 138 Å². The molecule has 2 rings (SSSR count).